The minimum absolute atomic E-state index is 0.214. The molecule has 0 aliphatic rings. The number of para-hydroxylation sites is 1. The average Bonchev–Trinajstić information content (AvgIpc) is 1.88. The van der Waals surface area contributed by atoms with E-state index in [2.05, 4.69) is 6.58 Å². The van der Waals surface area contributed by atoms with Crippen LogP contribution in [0, 0.1) is 0 Å². The summed E-state index contributed by atoms with van der Waals surface area (Å²) in [6.45, 7) is 3.41. The van der Waals surface area contributed by atoms with Gasteiger partial charge in [0.15, 0.2) is 5.88 Å². The highest BCUT2D eigenvalue weighted by Crippen LogP contribution is 2.08. The highest BCUT2D eigenvalue weighted by molar-refractivity contribution is 5.22. The van der Waals surface area contributed by atoms with Gasteiger partial charge >= 0.3 is 0 Å². The third-order valence-electron chi connectivity index (χ3n) is 0.992. The highest BCUT2D eigenvalue weighted by Gasteiger charge is 1.88. The van der Waals surface area contributed by atoms with Crippen LogP contribution in [0.3, 0.4) is 0 Å². The zero-order valence-electron chi connectivity index (χ0n) is 5.58. The van der Waals surface area contributed by atoms with Crippen molar-refractivity contribution in [2.75, 3.05) is 0 Å². The average molecular weight is 135 g/mol. The van der Waals surface area contributed by atoms with Crippen molar-refractivity contribution in [1.82, 2.24) is 0 Å². The van der Waals surface area contributed by atoms with Crippen molar-refractivity contribution in [3.05, 3.63) is 42.8 Å². The van der Waals surface area contributed by atoms with E-state index in [0.717, 1.165) is 5.75 Å². The second-order valence-corrected chi connectivity index (χ2v) is 1.88. The second-order valence-electron chi connectivity index (χ2n) is 1.88. The van der Waals surface area contributed by atoms with Crippen LogP contribution in [0.15, 0.2) is 42.8 Å². The maximum atomic E-state index is 5.21. The Kier molecular flexibility index (Phi) is 1.95. The molecule has 0 bridgehead atoms. The van der Waals surface area contributed by atoms with Crippen molar-refractivity contribution < 1.29 is 4.74 Å². The van der Waals surface area contributed by atoms with E-state index >= 15 is 0 Å². The molecule has 2 nitrogen and oxygen atoms in total. The Morgan fingerprint density at radius 3 is 2.40 bits per heavy atom. The monoisotopic (exact) mass is 135 g/mol. The first kappa shape index (κ1) is 6.68. The maximum Gasteiger partial charge on any atom is 0.183 e. The van der Waals surface area contributed by atoms with Crippen molar-refractivity contribution in [2.45, 2.75) is 0 Å². The van der Waals surface area contributed by atoms with Crippen LogP contribution in [0.4, 0.5) is 0 Å². The zero-order chi connectivity index (χ0) is 7.40. The molecule has 0 aliphatic carbocycles. The predicted octanol–water partition coefficient (Wildman–Crippen LogP) is 1.50. The summed E-state index contributed by atoms with van der Waals surface area (Å²) in [5.41, 5.74) is 5.21. The summed E-state index contributed by atoms with van der Waals surface area (Å²) < 4.78 is 5.00. The Bertz CT molecular complexity index is 218. The van der Waals surface area contributed by atoms with Crippen molar-refractivity contribution in [2.24, 2.45) is 5.73 Å². The van der Waals surface area contributed by atoms with E-state index in [1.54, 1.807) is 0 Å². The number of nitrogens with two attached hydrogens (primary N) is 1. The van der Waals surface area contributed by atoms with Crippen LogP contribution >= 0.6 is 0 Å². The van der Waals surface area contributed by atoms with E-state index in [1.165, 1.54) is 0 Å². The first-order valence-corrected chi connectivity index (χ1v) is 2.96. The molecular weight excluding hydrogens is 126 g/mol. The molecule has 10 heavy (non-hydrogen) atoms. The van der Waals surface area contributed by atoms with Crippen molar-refractivity contribution in [3.63, 3.8) is 0 Å². The molecule has 0 aliphatic heterocycles. The van der Waals surface area contributed by atoms with Gasteiger partial charge in [-0.05, 0) is 18.7 Å². The lowest BCUT2D eigenvalue weighted by Gasteiger charge is -2.01. The van der Waals surface area contributed by atoms with Crippen molar-refractivity contribution in [1.29, 1.82) is 0 Å². The number of hydrogen-bond donors (Lipinski definition) is 1. The lowest BCUT2D eigenvalue weighted by Crippen LogP contribution is -2.02. The van der Waals surface area contributed by atoms with Gasteiger partial charge in [0.05, 0.1) is 0 Å². The van der Waals surface area contributed by atoms with Crippen LogP contribution in [0.1, 0.15) is 0 Å². The third-order valence-corrected chi connectivity index (χ3v) is 0.992. The fourth-order valence-electron chi connectivity index (χ4n) is 0.640. The SMILES string of the molecule is C=C(N)Oc1ccccc1. The number of rotatable bonds is 2. The molecule has 0 spiro atoms. The van der Waals surface area contributed by atoms with Crippen LogP contribution in [0.25, 0.3) is 0 Å². The molecule has 2 N–H and O–H groups in total. The molecule has 0 saturated heterocycles. The lowest BCUT2D eigenvalue weighted by atomic mass is 10.3. The Morgan fingerprint density at radius 1 is 1.30 bits per heavy atom. The molecule has 0 saturated carbocycles. The second kappa shape index (κ2) is 2.92. The molecule has 1 aromatic rings. The van der Waals surface area contributed by atoms with Crippen LogP contribution in [0.5, 0.6) is 5.75 Å². The van der Waals surface area contributed by atoms with Gasteiger partial charge in [-0.25, -0.2) is 0 Å². The molecule has 0 unspecified atom stereocenters. The summed E-state index contributed by atoms with van der Waals surface area (Å²) in [5.74, 6) is 0.932. The van der Waals surface area contributed by atoms with E-state index in [1.807, 2.05) is 30.3 Å². The van der Waals surface area contributed by atoms with E-state index in [0.29, 0.717) is 0 Å². The van der Waals surface area contributed by atoms with Crippen molar-refractivity contribution in [3.8, 4) is 5.75 Å². The van der Waals surface area contributed by atoms with Gasteiger partial charge in [-0.3, -0.25) is 0 Å². The Labute approximate surface area is 59.9 Å². The quantitative estimate of drug-likeness (QED) is 0.623. The Hall–Kier alpha value is -1.44. The molecule has 0 amide bonds. The van der Waals surface area contributed by atoms with Gasteiger partial charge in [-0.1, -0.05) is 18.2 Å². The minimum atomic E-state index is 0.214. The zero-order valence-corrected chi connectivity index (χ0v) is 5.58. The molecule has 52 valence electrons. The molecule has 0 aromatic heterocycles. The van der Waals surface area contributed by atoms with Gasteiger partial charge in [-0.15, -0.1) is 0 Å². The highest BCUT2D eigenvalue weighted by atomic mass is 16.5. The molecule has 0 radical (unpaired) electrons. The third kappa shape index (κ3) is 1.82. The standard InChI is InChI=1S/C8H9NO/c1-7(9)10-8-5-3-2-4-6-8/h2-6H,1,9H2. The van der Waals surface area contributed by atoms with Crippen LogP contribution in [0.2, 0.25) is 0 Å². The van der Waals surface area contributed by atoms with Gasteiger partial charge in [0.2, 0.25) is 0 Å². The topological polar surface area (TPSA) is 35.2 Å². The van der Waals surface area contributed by atoms with E-state index < -0.39 is 0 Å². The molecule has 2 heteroatoms. The first-order valence-electron chi connectivity index (χ1n) is 2.96. The maximum absolute atomic E-state index is 5.21. The summed E-state index contributed by atoms with van der Waals surface area (Å²) in [7, 11) is 0. The van der Waals surface area contributed by atoms with Crippen molar-refractivity contribution >= 4 is 0 Å². The molecular formula is C8H9NO. The summed E-state index contributed by atoms with van der Waals surface area (Å²) in [5, 5.41) is 0. The molecule has 0 fully saturated rings. The smallest absolute Gasteiger partial charge is 0.183 e. The largest absolute Gasteiger partial charge is 0.442 e. The van der Waals surface area contributed by atoms with E-state index in [9.17, 15) is 0 Å². The van der Waals surface area contributed by atoms with E-state index in [4.69, 9.17) is 10.5 Å². The number of hydrogen-bond acceptors (Lipinski definition) is 2. The molecule has 0 heterocycles. The Morgan fingerprint density at radius 2 is 1.90 bits per heavy atom. The van der Waals surface area contributed by atoms with Gasteiger partial charge < -0.3 is 10.5 Å². The summed E-state index contributed by atoms with van der Waals surface area (Å²) in [6, 6.07) is 9.29. The van der Waals surface area contributed by atoms with Gasteiger partial charge in [0.25, 0.3) is 0 Å². The first-order chi connectivity index (χ1) is 4.79. The number of benzene rings is 1. The summed E-state index contributed by atoms with van der Waals surface area (Å²) >= 11 is 0. The van der Waals surface area contributed by atoms with Crippen LogP contribution < -0.4 is 10.5 Å². The van der Waals surface area contributed by atoms with Crippen LogP contribution in [-0.4, -0.2) is 0 Å². The minimum Gasteiger partial charge on any atom is -0.442 e. The van der Waals surface area contributed by atoms with Gasteiger partial charge in [0.1, 0.15) is 5.75 Å². The molecule has 1 aromatic carbocycles. The van der Waals surface area contributed by atoms with Crippen LogP contribution in [-0.2, 0) is 0 Å². The molecule has 1 rings (SSSR count). The summed E-state index contributed by atoms with van der Waals surface area (Å²) in [4.78, 5) is 0. The fraction of sp³-hybridized carbons (Fsp3) is 0. The lowest BCUT2D eigenvalue weighted by molar-refractivity contribution is 0.422. The fourth-order valence-corrected chi connectivity index (χ4v) is 0.640. The van der Waals surface area contributed by atoms with Gasteiger partial charge in [0, 0.05) is 0 Å². The predicted molar refractivity (Wildman–Crippen MR) is 40.4 cm³/mol. The Balaban J connectivity index is 2.67. The number of ether oxygens (including phenoxy) is 1. The normalized spacial score (nSPS) is 8.80. The molecule has 0 atom stereocenters. The van der Waals surface area contributed by atoms with E-state index in [-0.39, 0.29) is 5.88 Å². The van der Waals surface area contributed by atoms with Gasteiger partial charge in [-0.2, -0.15) is 0 Å². The summed E-state index contributed by atoms with van der Waals surface area (Å²) in [6.07, 6.45) is 0.